The molecule has 0 bridgehead atoms. The van der Waals surface area contributed by atoms with E-state index < -0.39 is 0 Å². The lowest BCUT2D eigenvalue weighted by molar-refractivity contribution is -0.119. The van der Waals surface area contributed by atoms with Crippen molar-refractivity contribution in [1.29, 1.82) is 0 Å². The number of fused-ring (bicyclic) bond motifs is 1. The zero-order valence-corrected chi connectivity index (χ0v) is 15.5. The van der Waals surface area contributed by atoms with Crippen molar-refractivity contribution in [2.75, 3.05) is 19.0 Å². The van der Waals surface area contributed by atoms with E-state index in [-0.39, 0.29) is 11.9 Å². The predicted molar refractivity (Wildman–Crippen MR) is 101 cm³/mol. The molecule has 1 aliphatic rings. The third kappa shape index (κ3) is 5.06. The van der Waals surface area contributed by atoms with Crippen LogP contribution in [-0.2, 0) is 4.79 Å². The lowest BCUT2D eigenvalue weighted by Gasteiger charge is -2.15. The van der Waals surface area contributed by atoms with Crippen molar-refractivity contribution in [1.82, 2.24) is 5.32 Å². The van der Waals surface area contributed by atoms with Crippen molar-refractivity contribution >= 4 is 29.3 Å². The molecule has 1 atom stereocenters. The van der Waals surface area contributed by atoms with E-state index >= 15 is 0 Å². The molecule has 0 saturated carbocycles. The fourth-order valence-corrected chi connectivity index (χ4v) is 3.46. The van der Waals surface area contributed by atoms with E-state index in [1.165, 1.54) is 11.8 Å². The third-order valence-electron chi connectivity index (χ3n) is 3.82. The Morgan fingerprint density at radius 2 is 2.00 bits per heavy atom. The first-order valence-electron chi connectivity index (χ1n) is 8.19. The average molecular weight is 378 g/mol. The zero-order chi connectivity index (χ0) is 17.6. The normalized spacial score (nSPS) is 14.5. The number of ether oxygens (including phenoxy) is 2. The highest BCUT2D eigenvalue weighted by atomic mass is 35.5. The lowest BCUT2D eigenvalue weighted by atomic mass is 10.1. The van der Waals surface area contributed by atoms with E-state index in [9.17, 15) is 4.79 Å². The minimum absolute atomic E-state index is 0.0235. The number of nitrogens with one attached hydrogen (secondary N) is 1. The highest BCUT2D eigenvalue weighted by molar-refractivity contribution is 8.00. The van der Waals surface area contributed by atoms with Crippen LogP contribution < -0.4 is 14.8 Å². The average Bonchev–Trinajstić information content (AvgIpc) is 2.84. The summed E-state index contributed by atoms with van der Waals surface area (Å²) in [6.45, 7) is 3.27. The SMILES string of the molecule is C[C@H](NC(=O)CSc1ccc2c(c1)OCCCO2)c1cccc(Cl)c1. The van der Waals surface area contributed by atoms with E-state index in [4.69, 9.17) is 21.1 Å². The maximum Gasteiger partial charge on any atom is 0.230 e. The minimum Gasteiger partial charge on any atom is -0.490 e. The monoisotopic (exact) mass is 377 g/mol. The van der Waals surface area contributed by atoms with Gasteiger partial charge >= 0.3 is 0 Å². The van der Waals surface area contributed by atoms with E-state index in [1.807, 2.05) is 49.4 Å². The van der Waals surface area contributed by atoms with Crippen LogP contribution in [0.2, 0.25) is 5.02 Å². The summed E-state index contributed by atoms with van der Waals surface area (Å²) in [6.07, 6.45) is 0.876. The summed E-state index contributed by atoms with van der Waals surface area (Å²) in [5, 5.41) is 3.66. The number of hydrogen-bond acceptors (Lipinski definition) is 4. The van der Waals surface area contributed by atoms with Gasteiger partial charge < -0.3 is 14.8 Å². The van der Waals surface area contributed by atoms with Crippen LogP contribution in [0.1, 0.15) is 24.9 Å². The Labute approximate surface area is 156 Å². The van der Waals surface area contributed by atoms with Gasteiger partial charge in [-0.1, -0.05) is 23.7 Å². The summed E-state index contributed by atoms with van der Waals surface area (Å²) in [5.41, 5.74) is 0.987. The Morgan fingerprint density at radius 1 is 1.20 bits per heavy atom. The molecular formula is C19H20ClNO3S. The van der Waals surface area contributed by atoms with Gasteiger partial charge in [0.1, 0.15) is 0 Å². The number of benzene rings is 2. The number of thioether (sulfide) groups is 1. The molecule has 0 fully saturated rings. The van der Waals surface area contributed by atoms with Crippen LogP contribution in [0.3, 0.4) is 0 Å². The molecule has 0 radical (unpaired) electrons. The fraction of sp³-hybridized carbons (Fsp3) is 0.316. The second-order valence-electron chi connectivity index (χ2n) is 5.79. The van der Waals surface area contributed by atoms with Crippen LogP contribution in [0.5, 0.6) is 11.5 Å². The maximum atomic E-state index is 12.2. The van der Waals surface area contributed by atoms with Gasteiger partial charge in [-0.3, -0.25) is 4.79 Å². The summed E-state index contributed by atoms with van der Waals surface area (Å²) < 4.78 is 11.3. The molecule has 6 heteroatoms. The number of carbonyl (C=O) groups excluding carboxylic acids is 1. The first-order valence-corrected chi connectivity index (χ1v) is 9.55. The van der Waals surface area contributed by atoms with Gasteiger partial charge in [0.05, 0.1) is 25.0 Å². The molecule has 0 spiro atoms. The van der Waals surface area contributed by atoms with Crippen molar-refractivity contribution in [2.45, 2.75) is 24.3 Å². The van der Waals surface area contributed by atoms with Gasteiger partial charge in [-0.2, -0.15) is 0 Å². The second kappa shape index (κ2) is 8.50. The number of amides is 1. The van der Waals surface area contributed by atoms with Crippen LogP contribution in [0, 0.1) is 0 Å². The van der Waals surface area contributed by atoms with Crippen LogP contribution in [0.25, 0.3) is 0 Å². The number of halogens is 1. The predicted octanol–water partition coefficient (Wildman–Crippen LogP) is 4.47. The Morgan fingerprint density at radius 3 is 2.80 bits per heavy atom. The molecule has 0 aliphatic carbocycles. The molecule has 2 aromatic carbocycles. The molecule has 0 unspecified atom stereocenters. The van der Waals surface area contributed by atoms with E-state index in [1.54, 1.807) is 0 Å². The Balaban J connectivity index is 1.54. The summed E-state index contributed by atoms with van der Waals surface area (Å²) in [7, 11) is 0. The van der Waals surface area contributed by atoms with E-state index in [2.05, 4.69) is 5.32 Å². The zero-order valence-electron chi connectivity index (χ0n) is 14.0. The van der Waals surface area contributed by atoms with Crippen molar-refractivity contribution in [3.05, 3.63) is 53.1 Å². The first-order chi connectivity index (χ1) is 12.1. The van der Waals surface area contributed by atoms with Crippen molar-refractivity contribution in [3.63, 3.8) is 0 Å². The summed E-state index contributed by atoms with van der Waals surface area (Å²) in [5.74, 6) is 1.82. The lowest BCUT2D eigenvalue weighted by Crippen LogP contribution is -2.28. The highest BCUT2D eigenvalue weighted by Gasteiger charge is 2.13. The molecule has 25 heavy (non-hydrogen) atoms. The van der Waals surface area contributed by atoms with Gasteiger partial charge in [0.25, 0.3) is 0 Å². The Bertz CT molecular complexity index is 753. The topological polar surface area (TPSA) is 47.6 Å². The van der Waals surface area contributed by atoms with Gasteiger partial charge in [0, 0.05) is 16.3 Å². The van der Waals surface area contributed by atoms with Gasteiger partial charge in [-0.05, 0) is 42.8 Å². The molecule has 1 amide bonds. The number of carbonyl (C=O) groups is 1. The molecule has 0 aromatic heterocycles. The van der Waals surface area contributed by atoms with Crippen molar-refractivity contribution < 1.29 is 14.3 Å². The molecule has 132 valence electrons. The van der Waals surface area contributed by atoms with Crippen LogP contribution >= 0.6 is 23.4 Å². The maximum absolute atomic E-state index is 12.2. The van der Waals surface area contributed by atoms with Crippen LogP contribution in [0.4, 0.5) is 0 Å². The smallest absolute Gasteiger partial charge is 0.230 e. The molecule has 1 heterocycles. The first kappa shape index (κ1) is 18.0. The highest BCUT2D eigenvalue weighted by Crippen LogP contribution is 2.33. The second-order valence-corrected chi connectivity index (χ2v) is 7.28. The molecule has 2 aromatic rings. The molecule has 0 saturated heterocycles. The largest absolute Gasteiger partial charge is 0.490 e. The molecule has 4 nitrogen and oxygen atoms in total. The van der Waals surface area contributed by atoms with Crippen LogP contribution in [-0.4, -0.2) is 24.9 Å². The molecule has 1 N–H and O–H groups in total. The van der Waals surface area contributed by atoms with Gasteiger partial charge in [-0.25, -0.2) is 0 Å². The summed E-state index contributed by atoms with van der Waals surface area (Å²) in [4.78, 5) is 13.2. The van der Waals surface area contributed by atoms with Gasteiger partial charge in [0.15, 0.2) is 11.5 Å². The molecule has 1 aliphatic heterocycles. The van der Waals surface area contributed by atoms with Gasteiger partial charge in [-0.15, -0.1) is 11.8 Å². The quantitative estimate of drug-likeness (QED) is 0.781. The molecule has 3 rings (SSSR count). The van der Waals surface area contributed by atoms with Gasteiger partial charge in [0.2, 0.25) is 5.91 Å². The minimum atomic E-state index is -0.0874. The summed E-state index contributed by atoms with van der Waals surface area (Å²) in [6, 6.07) is 13.2. The molecular weight excluding hydrogens is 358 g/mol. The standard InChI is InChI=1S/C19H20ClNO3S/c1-13(14-4-2-5-15(20)10-14)21-19(22)12-25-16-6-7-17-18(11-16)24-9-3-8-23-17/h2,4-7,10-11,13H,3,8-9,12H2,1H3,(H,21,22)/t13-/m0/s1. The fourth-order valence-electron chi connectivity index (χ4n) is 2.52. The van der Waals surface area contributed by atoms with E-state index in [0.29, 0.717) is 24.0 Å². The number of rotatable bonds is 5. The number of hydrogen-bond donors (Lipinski definition) is 1. The Kier molecular flexibility index (Phi) is 6.10. The van der Waals surface area contributed by atoms with Crippen molar-refractivity contribution in [2.24, 2.45) is 0 Å². The van der Waals surface area contributed by atoms with Crippen LogP contribution in [0.15, 0.2) is 47.4 Å². The van der Waals surface area contributed by atoms with Crippen molar-refractivity contribution in [3.8, 4) is 11.5 Å². The Hall–Kier alpha value is -1.85. The summed E-state index contributed by atoms with van der Waals surface area (Å²) >= 11 is 7.47. The van der Waals surface area contributed by atoms with E-state index in [0.717, 1.165) is 28.4 Å². The third-order valence-corrected chi connectivity index (χ3v) is 5.04.